The van der Waals surface area contributed by atoms with Crippen molar-refractivity contribution in [3.05, 3.63) is 0 Å². The van der Waals surface area contributed by atoms with E-state index in [2.05, 4.69) is 27.7 Å². The summed E-state index contributed by atoms with van der Waals surface area (Å²) in [7, 11) is 0. The molecular weight excluding hydrogens is 340 g/mol. The fourth-order valence-electron chi connectivity index (χ4n) is 4.89. The van der Waals surface area contributed by atoms with Gasteiger partial charge in [0.25, 0.3) is 0 Å². The van der Waals surface area contributed by atoms with Gasteiger partial charge >= 0.3 is 11.9 Å². The molecular formula is C23H40O4. The third-order valence-electron chi connectivity index (χ3n) is 7.39. The monoisotopic (exact) mass is 380 g/mol. The maximum atomic E-state index is 13.0. The Balaban J connectivity index is 2.05. The van der Waals surface area contributed by atoms with E-state index in [0.29, 0.717) is 30.6 Å². The first-order valence-electron chi connectivity index (χ1n) is 11.3. The van der Waals surface area contributed by atoms with Crippen LogP contribution < -0.4 is 0 Å². The van der Waals surface area contributed by atoms with Crippen molar-refractivity contribution >= 4 is 11.9 Å². The molecule has 0 spiro atoms. The minimum atomic E-state index is -0.841. The Morgan fingerprint density at radius 3 is 2.07 bits per heavy atom. The van der Waals surface area contributed by atoms with Gasteiger partial charge in [-0.3, -0.25) is 9.59 Å². The lowest BCUT2D eigenvalue weighted by molar-refractivity contribution is -0.167. The van der Waals surface area contributed by atoms with Gasteiger partial charge < -0.3 is 9.84 Å². The quantitative estimate of drug-likeness (QED) is 0.550. The summed E-state index contributed by atoms with van der Waals surface area (Å²) in [5.41, 5.74) is 0. The van der Waals surface area contributed by atoms with E-state index in [1.165, 1.54) is 19.3 Å². The topological polar surface area (TPSA) is 63.6 Å². The van der Waals surface area contributed by atoms with Gasteiger partial charge in [-0.05, 0) is 55.8 Å². The highest BCUT2D eigenvalue weighted by Gasteiger charge is 2.39. The van der Waals surface area contributed by atoms with Crippen LogP contribution >= 0.6 is 0 Å². The van der Waals surface area contributed by atoms with Gasteiger partial charge in [0.15, 0.2) is 0 Å². The van der Waals surface area contributed by atoms with Crippen LogP contribution in [0.5, 0.6) is 0 Å². The third kappa shape index (κ3) is 6.22. The van der Waals surface area contributed by atoms with Crippen molar-refractivity contribution in [2.24, 2.45) is 35.5 Å². The summed E-state index contributed by atoms with van der Waals surface area (Å²) in [5, 5.41) is 9.51. The molecule has 0 aromatic carbocycles. The van der Waals surface area contributed by atoms with Crippen LogP contribution in [0.4, 0.5) is 0 Å². The molecule has 0 heterocycles. The minimum absolute atomic E-state index is 0.0518. The van der Waals surface area contributed by atoms with Crippen molar-refractivity contribution in [3.8, 4) is 0 Å². The number of carbonyl (C=O) groups excluding carboxylic acids is 1. The summed E-state index contributed by atoms with van der Waals surface area (Å²) < 4.78 is 6.10. The Morgan fingerprint density at radius 2 is 1.56 bits per heavy atom. The summed E-state index contributed by atoms with van der Waals surface area (Å²) >= 11 is 0. The Bertz CT molecular complexity index is 479. The van der Waals surface area contributed by atoms with E-state index >= 15 is 0 Å². The highest BCUT2D eigenvalue weighted by molar-refractivity contribution is 5.81. The fraction of sp³-hybridized carbons (Fsp3) is 0.913. The van der Waals surface area contributed by atoms with Crippen LogP contribution in [0.2, 0.25) is 0 Å². The van der Waals surface area contributed by atoms with E-state index in [1.807, 2.05) is 0 Å². The van der Waals surface area contributed by atoms with Crippen molar-refractivity contribution in [3.63, 3.8) is 0 Å². The van der Waals surface area contributed by atoms with Crippen molar-refractivity contribution < 1.29 is 19.4 Å². The van der Waals surface area contributed by atoms with Crippen molar-refractivity contribution in [2.45, 2.75) is 98.0 Å². The first-order chi connectivity index (χ1) is 12.8. The lowest BCUT2D eigenvalue weighted by atomic mass is 9.75. The highest BCUT2D eigenvalue weighted by atomic mass is 16.5. The predicted octanol–water partition coefficient (Wildman–Crippen LogP) is 5.69. The molecule has 4 unspecified atom stereocenters. The second kappa shape index (κ2) is 10.5. The van der Waals surface area contributed by atoms with E-state index in [-0.39, 0.29) is 12.1 Å². The Morgan fingerprint density at radius 1 is 0.963 bits per heavy atom. The van der Waals surface area contributed by atoms with Crippen LogP contribution in [0.3, 0.4) is 0 Å². The van der Waals surface area contributed by atoms with E-state index < -0.39 is 17.8 Å². The second-order valence-electron chi connectivity index (χ2n) is 9.46. The highest BCUT2D eigenvalue weighted by Crippen LogP contribution is 2.38. The van der Waals surface area contributed by atoms with Gasteiger partial charge in [-0.25, -0.2) is 0 Å². The number of carbonyl (C=O) groups is 2. The molecule has 2 aliphatic carbocycles. The lowest BCUT2D eigenvalue weighted by Crippen LogP contribution is -2.39. The van der Waals surface area contributed by atoms with E-state index in [4.69, 9.17) is 4.74 Å². The smallest absolute Gasteiger partial charge is 0.310 e. The van der Waals surface area contributed by atoms with Crippen molar-refractivity contribution in [1.82, 2.24) is 0 Å². The number of carboxylic acids is 1. The number of hydrogen-bond donors (Lipinski definition) is 1. The standard InChI is InChI=1S/C23H40O4/c1-5-17-10-12-18(13-11-17)21(14-16(4)15(2)3)27-23(26)20-9-7-6-8-19(20)22(24)25/h15-21H,5-14H2,1-4H3,(H,24,25). The predicted molar refractivity (Wildman–Crippen MR) is 107 cm³/mol. The van der Waals surface area contributed by atoms with E-state index in [0.717, 1.165) is 38.0 Å². The fourth-order valence-corrected chi connectivity index (χ4v) is 4.89. The van der Waals surface area contributed by atoms with Gasteiger partial charge in [0.1, 0.15) is 6.10 Å². The molecule has 0 radical (unpaired) electrons. The minimum Gasteiger partial charge on any atom is -0.481 e. The normalized spacial score (nSPS) is 31.3. The number of esters is 1. The van der Waals surface area contributed by atoms with Crippen LogP contribution in [0.1, 0.15) is 91.9 Å². The lowest BCUT2D eigenvalue weighted by Gasteiger charge is -2.36. The molecule has 2 aliphatic rings. The first kappa shape index (κ1) is 22.2. The average molecular weight is 381 g/mol. The Labute approximate surface area is 165 Å². The zero-order chi connectivity index (χ0) is 20.0. The van der Waals surface area contributed by atoms with Crippen LogP contribution in [0.25, 0.3) is 0 Å². The number of carboxylic acid groups (broad SMARTS) is 1. The summed E-state index contributed by atoms with van der Waals surface area (Å²) in [6.07, 6.45) is 9.89. The Hall–Kier alpha value is -1.06. The molecule has 27 heavy (non-hydrogen) atoms. The number of hydrogen-bond acceptors (Lipinski definition) is 3. The SMILES string of the molecule is CCC1CCC(C(CC(C)C(C)C)OC(=O)C2CCCCC2C(=O)O)CC1. The molecule has 156 valence electrons. The van der Waals surface area contributed by atoms with Gasteiger partial charge in [0.05, 0.1) is 11.8 Å². The van der Waals surface area contributed by atoms with Gasteiger partial charge in [0, 0.05) is 0 Å². The first-order valence-corrected chi connectivity index (χ1v) is 11.3. The van der Waals surface area contributed by atoms with Crippen molar-refractivity contribution in [2.75, 3.05) is 0 Å². The Kier molecular flexibility index (Phi) is 8.62. The number of ether oxygens (including phenoxy) is 1. The van der Waals surface area contributed by atoms with Gasteiger partial charge in [-0.2, -0.15) is 0 Å². The number of aliphatic carboxylic acids is 1. The zero-order valence-corrected chi connectivity index (χ0v) is 17.8. The van der Waals surface area contributed by atoms with Crippen LogP contribution in [-0.4, -0.2) is 23.1 Å². The number of rotatable bonds is 8. The van der Waals surface area contributed by atoms with Crippen LogP contribution in [-0.2, 0) is 14.3 Å². The molecule has 4 atom stereocenters. The largest absolute Gasteiger partial charge is 0.481 e. The summed E-state index contributed by atoms with van der Waals surface area (Å²) in [6, 6.07) is 0. The van der Waals surface area contributed by atoms with E-state index in [9.17, 15) is 14.7 Å². The molecule has 0 aromatic rings. The van der Waals surface area contributed by atoms with Gasteiger partial charge in [-0.1, -0.05) is 59.8 Å². The molecule has 4 heteroatoms. The third-order valence-corrected chi connectivity index (χ3v) is 7.39. The molecule has 2 rings (SSSR count). The molecule has 2 fully saturated rings. The second-order valence-corrected chi connectivity index (χ2v) is 9.46. The van der Waals surface area contributed by atoms with Gasteiger partial charge in [0.2, 0.25) is 0 Å². The summed E-state index contributed by atoms with van der Waals surface area (Å²) in [4.78, 5) is 24.5. The van der Waals surface area contributed by atoms with Crippen LogP contribution in [0.15, 0.2) is 0 Å². The molecule has 4 nitrogen and oxygen atoms in total. The molecule has 1 N–H and O–H groups in total. The van der Waals surface area contributed by atoms with Gasteiger partial charge in [-0.15, -0.1) is 0 Å². The maximum Gasteiger partial charge on any atom is 0.310 e. The summed E-state index contributed by atoms with van der Waals surface area (Å²) in [5.74, 6) is 0.186. The molecule has 0 aliphatic heterocycles. The molecule has 0 saturated heterocycles. The molecule has 0 aromatic heterocycles. The zero-order valence-electron chi connectivity index (χ0n) is 17.8. The average Bonchev–Trinajstić information content (AvgIpc) is 2.67. The van der Waals surface area contributed by atoms with Crippen molar-refractivity contribution in [1.29, 1.82) is 0 Å². The van der Waals surface area contributed by atoms with Crippen LogP contribution in [0, 0.1) is 35.5 Å². The molecule has 2 saturated carbocycles. The van der Waals surface area contributed by atoms with E-state index in [1.54, 1.807) is 0 Å². The molecule has 0 bridgehead atoms. The maximum absolute atomic E-state index is 13.0. The summed E-state index contributed by atoms with van der Waals surface area (Å²) in [6.45, 7) is 8.94. The molecule has 0 amide bonds.